The first-order valence-corrected chi connectivity index (χ1v) is 5.76. The van der Waals surface area contributed by atoms with Crippen LogP contribution in [-0.2, 0) is 0 Å². The molecule has 0 heterocycles. The predicted molar refractivity (Wildman–Crippen MR) is 74.2 cm³/mol. The normalized spacial score (nSPS) is 11.7. The van der Waals surface area contributed by atoms with E-state index in [9.17, 15) is 5.21 Å². The molecule has 1 unspecified atom stereocenters. The van der Waals surface area contributed by atoms with Crippen LogP contribution in [0.1, 0.15) is 0 Å². The number of guanidine groups is 1. The summed E-state index contributed by atoms with van der Waals surface area (Å²) in [5.74, 6) is 0.797. The first kappa shape index (κ1) is 13.8. The zero-order valence-electron chi connectivity index (χ0n) is 10.5. The number of benzene rings is 2. The molecule has 2 aromatic carbocycles. The molecule has 2 aromatic rings. The Morgan fingerprint density at radius 2 is 1.80 bits per heavy atom. The average molecular weight is 274 g/mol. The van der Waals surface area contributed by atoms with E-state index in [0.717, 1.165) is 0 Å². The van der Waals surface area contributed by atoms with Gasteiger partial charge < -0.3 is 21.4 Å². The van der Waals surface area contributed by atoms with Crippen LogP contribution in [0, 0.1) is 5.21 Å². The van der Waals surface area contributed by atoms with Gasteiger partial charge in [-0.1, -0.05) is 18.2 Å². The molecular formula is C13H14N4O3. The summed E-state index contributed by atoms with van der Waals surface area (Å²) in [7, 11) is 0. The Balaban J connectivity index is 2.33. The molecule has 0 aliphatic carbocycles. The zero-order valence-corrected chi connectivity index (χ0v) is 10.5. The predicted octanol–water partition coefficient (Wildman–Crippen LogP) is 0.787. The molecule has 1 atom stereocenters. The summed E-state index contributed by atoms with van der Waals surface area (Å²) in [6.45, 7) is 0. The Morgan fingerprint density at radius 1 is 1.10 bits per heavy atom. The van der Waals surface area contributed by atoms with Gasteiger partial charge >= 0.3 is 0 Å². The first-order valence-electron chi connectivity index (χ1n) is 5.76. The molecule has 104 valence electrons. The lowest BCUT2D eigenvalue weighted by atomic mass is 10.2. The van der Waals surface area contributed by atoms with E-state index >= 15 is 0 Å². The lowest BCUT2D eigenvalue weighted by Gasteiger charge is -2.15. The van der Waals surface area contributed by atoms with Crippen LogP contribution in [-0.4, -0.2) is 11.2 Å². The van der Waals surface area contributed by atoms with Crippen LogP contribution < -0.4 is 21.4 Å². The van der Waals surface area contributed by atoms with Crippen molar-refractivity contribution in [2.24, 2.45) is 16.5 Å². The summed E-state index contributed by atoms with van der Waals surface area (Å²) in [5.41, 5.74) is 10.7. The van der Waals surface area contributed by atoms with Gasteiger partial charge in [-0.05, 0) is 24.3 Å². The van der Waals surface area contributed by atoms with E-state index in [2.05, 4.69) is 4.99 Å². The Morgan fingerprint density at radius 3 is 2.40 bits per heavy atom. The van der Waals surface area contributed by atoms with Gasteiger partial charge in [0.2, 0.25) is 0 Å². The summed E-state index contributed by atoms with van der Waals surface area (Å²) in [6.07, 6.45) is 0. The number of aliphatic imine (C=N–C) groups is 1. The van der Waals surface area contributed by atoms with Crippen LogP contribution in [0.3, 0.4) is 0 Å². The van der Waals surface area contributed by atoms with E-state index in [4.69, 9.17) is 21.4 Å². The summed E-state index contributed by atoms with van der Waals surface area (Å²) in [5, 5.41) is 19.2. The molecule has 0 radical (unpaired) electrons. The summed E-state index contributed by atoms with van der Waals surface area (Å²) in [4.78, 5) is 3.76. The van der Waals surface area contributed by atoms with Gasteiger partial charge in [0.25, 0.3) is 0 Å². The fraction of sp³-hybridized carbons (Fsp3) is 0. The third-order valence-corrected chi connectivity index (χ3v) is 2.43. The number of rotatable bonds is 4. The number of quaternary nitrogens is 1. The van der Waals surface area contributed by atoms with Crippen molar-refractivity contribution in [2.45, 2.75) is 0 Å². The lowest BCUT2D eigenvalue weighted by molar-refractivity contribution is -0.990. The smallest absolute Gasteiger partial charge is 0.193 e. The van der Waals surface area contributed by atoms with Gasteiger partial charge in [-0.15, -0.1) is 0 Å². The molecule has 7 nitrogen and oxygen atoms in total. The molecule has 0 saturated heterocycles. The van der Waals surface area contributed by atoms with Gasteiger partial charge in [0.05, 0.1) is 0 Å². The quantitative estimate of drug-likeness (QED) is 0.373. The van der Waals surface area contributed by atoms with Crippen LogP contribution in [0.2, 0.25) is 0 Å². The van der Waals surface area contributed by atoms with Crippen molar-refractivity contribution in [3.8, 4) is 11.5 Å². The highest BCUT2D eigenvalue weighted by Gasteiger charge is 2.11. The van der Waals surface area contributed by atoms with Gasteiger partial charge in [0, 0.05) is 6.07 Å². The maximum atomic E-state index is 11.2. The first-order chi connectivity index (χ1) is 9.56. The molecule has 0 bridgehead atoms. The number of hydrogen-bond donors (Lipinski definition) is 4. The minimum absolute atomic E-state index is 0.0353. The minimum Gasteiger partial charge on any atom is -0.595 e. The second-order valence-corrected chi connectivity index (χ2v) is 3.94. The molecule has 0 aliphatic rings. The van der Waals surface area contributed by atoms with E-state index < -0.39 is 5.23 Å². The Kier molecular flexibility index (Phi) is 4.16. The van der Waals surface area contributed by atoms with E-state index in [1.807, 2.05) is 18.2 Å². The summed E-state index contributed by atoms with van der Waals surface area (Å²) >= 11 is 0. The Labute approximate surface area is 115 Å². The fourth-order valence-electron chi connectivity index (χ4n) is 1.61. The van der Waals surface area contributed by atoms with Crippen LogP contribution in [0.5, 0.6) is 11.5 Å². The van der Waals surface area contributed by atoms with Crippen LogP contribution in [0.4, 0.5) is 11.4 Å². The van der Waals surface area contributed by atoms with Crippen LogP contribution >= 0.6 is 0 Å². The number of nitrogens with zero attached hydrogens (tertiary/aromatic N) is 1. The largest absolute Gasteiger partial charge is 0.595 e. The standard InChI is InChI=1S/C13H14N4O3/c14-13(15)16-11-7-6-10(8-12(11)17(18)19)20-9-4-2-1-3-5-9/h1-8,17-18H,(H4,14,15,16). The third-order valence-electron chi connectivity index (χ3n) is 2.43. The maximum absolute atomic E-state index is 11.2. The number of ether oxygens (including phenoxy) is 1. The minimum atomic E-state index is -1.14. The molecule has 20 heavy (non-hydrogen) atoms. The SMILES string of the molecule is NC(N)=Nc1ccc(Oc2ccccc2)cc1[NH+]([O-])O. The zero-order chi connectivity index (χ0) is 14.5. The van der Waals surface area contributed by atoms with E-state index in [-0.39, 0.29) is 17.3 Å². The third kappa shape index (κ3) is 3.45. The van der Waals surface area contributed by atoms with Crippen molar-refractivity contribution < 1.29 is 15.2 Å². The summed E-state index contributed by atoms with van der Waals surface area (Å²) < 4.78 is 5.55. The molecule has 0 amide bonds. The van der Waals surface area contributed by atoms with Gasteiger partial charge in [-0.3, -0.25) is 0 Å². The lowest BCUT2D eigenvalue weighted by Crippen LogP contribution is -2.99. The van der Waals surface area contributed by atoms with Gasteiger partial charge in [0.15, 0.2) is 11.6 Å². The fourth-order valence-corrected chi connectivity index (χ4v) is 1.61. The molecule has 6 N–H and O–H groups in total. The molecule has 7 heteroatoms. The van der Waals surface area contributed by atoms with Crippen molar-refractivity contribution in [3.05, 3.63) is 53.7 Å². The van der Waals surface area contributed by atoms with Crippen molar-refractivity contribution in [1.82, 2.24) is 0 Å². The molecule has 0 saturated carbocycles. The van der Waals surface area contributed by atoms with E-state index in [1.165, 1.54) is 12.1 Å². The second kappa shape index (κ2) is 6.02. The average Bonchev–Trinajstić information content (AvgIpc) is 2.41. The highest BCUT2D eigenvalue weighted by molar-refractivity contribution is 5.81. The Bertz CT molecular complexity index is 610. The number of nitrogens with one attached hydrogen (secondary N) is 1. The molecule has 2 rings (SSSR count). The van der Waals surface area contributed by atoms with Crippen molar-refractivity contribution in [1.29, 1.82) is 0 Å². The van der Waals surface area contributed by atoms with Crippen molar-refractivity contribution in [3.63, 3.8) is 0 Å². The van der Waals surface area contributed by atoms with Gasteiger partial charge in [-0.25, -0.2) is 10.2 Å². The summed E-state index contributed by atoms with van der Waals surface area (Å²) in [6, 6.07) is 13.5. The molecule has 0 aromatic heterocycles. The monoisotopic (exact) mass is 274 g/mol. The topological polar surface area (TPSA) is 121 Å². The van der Waals surface area contributed by atoms with Crippen LogP contribution in [0.25, 0.3) is 0 Å². The number of hydrogen-bond acceptors (Lipinski definition) is 4. The van der Waals surface area contributed by atoms with E-state index in [0.29, 0.717) is 11.5 Å². The second-order valence-electron chi connectivity index (χ2n) is 3.94. The van der Waals surface area contributed by atoms with Crippen LogP contribution in [0.15, 0.2) is 53.5 Å². The molecular weight excluding hydrogens is 260 g/mol. The van der Waals surface area contributed by atoms with Gasteiger partial charge in [-0.2, -0.15) is 5.23 Å². The Hall–Kier alpha value is -2.61. The van der Waals surface area contributed by atoms with Gasteiger partial charge in [0.1, 0.15) is 17.2 Å². The molecule has 0 spiro atoms. The number of para-hydroxylation sites is 1. The van der Waals surface area contributed by atoms with Crippen molar-refractivity contribution >= 4 is 17.3 Å². The molecule has 0 aliphatic heterocycles. The highest BCUT2D eigenvalue weighted by atomic mass is 16.8. The van der Waals surface area contributed by atoms with Crippen molar-refractivity contribution in [2.75, 3.05) is 0 Å². The maximum Gasteiger partial charge on any atom is 0.193 e. The highest BCUT2D eigenvalue weighted by Crippen LogP contribution is 2.29. The number of nitrogens with two attached hydrogens (primary N) is 2. The molecule has 0 fully saturated rings. The van der Waals surface area contributed by atoms with E-state index in [1.54, 1.807) is 18.2 Å².